The van der Waals surface area contributed by atoms with Crippen LogP contribution in [0.1, 0.15) is 18.9 Å². The zero-order valence-electron chi connectivity index (χ0n) is 12.1. The van der Waals surface area contributed by atoms with E-state index in [1.807, 2.05) is 25.1 Å². The van der Waals surface area contributed by atoms with E-state index in [9.17, 15) is 13.2 Å². The summed E-state index contributed by atoms with van der Waals surface area (Å²) >= 11 is 0. The first-order valence-electron chi connectivity index (χ1n) is 7.21. The van der Waals surface area contributed by atoms with E-state index in [-0.39, 0.29) is 24.0 Å². The van der Waals surface area contributed by atoms with Gasteiger partial charge in [0.05, 0.1) is 23.6 Å². The SMILES string of the molecule is C[C@]1(NC(=O)CN2CCc3ccccc32)CCS(=O)(=O)C1. The van der Waals surface area contributed by atoms with Crippen LogP contribution >= 0.6 is 0 Å². The molecule has 1 N–H and O–H groups in total. The third kappa shape index (κ3) is 3.05. The van der Waals surface area contributed by atoms with Gasteiger partial charge in [0.1, 0.15) is 0 Å². The van der Waals surface area contributed by atoms with Crippen molar-refractivity contribution < 1.29 is 13.2 Å². The Morgan fingerprint density at radius 2 is 2.14 bits per heavy atom. The van der Waals surface area contributed by atoms with Gasteiger partial charge < -0.3 is 10.2 Å². The third-order valence-electron chi connectivity index (χ3n) is 4.26. The molecule has 1 saturated heterocycles. The van der Waals surface area contributed by atoms with E-state index < -0.39 is 15.4 Å². The number of fused-ring (bicyclic) bond motifs is 1. The highest BCUT2D eigenvalue weighted by Crippen LogP contribution is 2.27. The van der Waals surface area contributed by atoms with Crippen LogP contribution in [0.3, 0.4) is 0 Å². The average molecular weight is 308 g/mol. The number of amides is 1. The Morgan fingerprint density at radius 1 is 1.38 bits per heavy atom. The van der Waals surface area contributed by atoms with E-state index in [4.69, 9.17) is 0 Å². The fourth-order valence-corrected chi connectivity index (χ4v) is 5.32. The first kappa shape index (κ1) is 14.4. The second kappa shape index (κ2) is 5.02. The van der Waals surface area contributed by atoms with Crippen LogP contribution in [0, 0.1) is 0 Å². The molecule has 1 fully saturated rings. The summed E-state index contributed by atoms with van der Waals surface area (Å²) in [6.45, 7) is 2.93. The molecule has 1 amide bonds. The molecule has 0 saturated carbocycles. The molecule has 21 heavy (non-hydrogen) atoms. The predicted octanol–water partition coefficient (Wildman–Crippen LogP) is 0.742. The second-order valence-corrected chi connectivity index (χ2v) is 8.44. The lowest BCUT2D eigenvalue weighted by Gasteiger charge is -2.26. The van der Waals surface area contributed by atoms with Crippen molar-refractivity contribution in [1.29, 1.82) is 0 Å². The topological polar surface area (TPSA) is 66.5 Å². The van der Waals surface area contributed by atoms with E-state index in [0.717, 1.165) is 18.7 Å². The molecule has 114 valence electrons. The van der Waals surface area contributed by atoms with E-state index in [1.54, 1.807) is 0 Å². The molecule has 5 nitrogen and oxygen atoms in total. The van der Waals surface area contributed by atoms with Crippen molar-refractivity contribution in [2.45, 2.75) is 25.3 Å². The van der Waals surface area contributed by atoms with Crippen molar-refractivity contribution in [2.24, 2.45) is 0 Å². The molecule has 3 rings (SSSR count). The molecule has 0 spiro atoms. The summed E-state index contributed by atoms with van der Waals surface area (Å²) in [5.74, 6) is 0.102. The van der Waals surface area contributed by atoms with Gasteiger partial charge in [-0.15, -0.1) is 0 Å². The normalized spacial score (nSPS) is 26.6. The molecule has 0 aliphatic carbocycles. The number of carbonyl (C=O) groups is 1. The fraction of sp³-hybridized carbons (Fsp3) is 0.533. The Balaban J connectivity index is 1.63. The van der Waals surface area contributed by atoms with Gasteiger partial charge in [-0.05, 0) is 31.4 Å². The Hall–Kier alpha value is -1.56. The molecule has 1 aromatic carbocycles. The number of benzene rings is 1. The van der Waals surface area contributed by atoms with Crippen LogP contribution in [-0.2, 0) is 21.1 Å². The van der Waals surface area contributed by atoms with Crippen LogP contribution in [-0.4, -0.2) is 44.5 Å². The highest BCUT2D eigenvalue weighted by molar-refractivity contribution is 7.91. The summed E-state index contributed by atoms with van der Waals surface area (Å²) in [5, 5.41) is 2.91. The molecule has 0 bridgehead atoms. The van der Waals surface area contributed by atoms with Crippen molar-refractivity contribution in [3.8, 4) is 0 Å². The van der Waals surface area contributed by atoms with E-state index >= 15 is 0 Å². The first-order chi connectivity index (χ1) is 9.87. The van der Waals surface area contributed by atoms with Gasteiger partial charge in [-0.3, -0.25) is 4.79 Å². The minimum Gasteiger partial charge on any atom is -0.362 e. The van der Waals surface area contributed by atoms with Crippen LogP contribution < -0.4 is 10.2 Å². The number of carbonyl (C=O) groups excluding carboxylic acids is 1. The lowest BCUT2D eigenvalue weighted by Crippen LogP contribution is -2.50. The molecule has 2 aliphatic rings. The number of anilines is 1. The van der Waals surface area contributed by atoms with Crippen molar-refractivity contribution in [2.75, 3.05) is 29.5 Å². The summed E-state index contributed by atoms with van der Waals surface area (Å²) < 4.78 is 23.1. The standard InChI is InChI=1S/C15H20N2O3S/c1-15(7-9-21(19,20)11-15)16-14(18)10-17-8-6-12-4-2-3-5-13(12)17/h2-5H,6-11H2,1H3,(H,16,18)/t15-/m0/s1. The van der Waals surface area contributed by atoms with Crippen molar-refractivity contribution >= 4 is 21.4 Å². The molecule has 6 heteroatoms. The number of hydrogen-bond donors (Lipinski definition) is 1. The molecular weight excluding hydrogens is 288 g/mol. The quantitative estimate of drug-likeness (QED) is 0.894. The molecule has 1 aromatic rings. The van der Waals surface area contributed by atoms with Gasteiger partial charge in [-0.1, -0.05) is 18.2 Å². The minimum absolute atomic E-state index is 0.0440. The molecular formula is C15H20N2O3S. The van der Waals surface area contributed by atoms with Crippen molar-refractivity contribution in [1.82, 2.24) is 5.32 Å². The highest BCUT2D eigenvalue weighted by Gasteiger charge is 2.39. The molecule has 2 heterocycles. The van der Waals surface area contributed by atoms with Gasteiger partial charge in [0, 0.05) is 12.2 Å². The molecule has 2 aliphatic heterocycles. The van der Waals surface area contributed by atoms with Crippen LogP contribution in [0.4, 0.5) is 5.69 Å². The van der Waals surface area contributed by atoms with Crippen LogP contribution in [0.15, 0.2) is 24.3 Å². The van der Waals surface area contributed by atoms with Gasteiger partial charge in [0.15, 0.2) is 9.84 Å². The van der Waals surface area contributed by atoms with Gasteiger partial charge in [-0.25, -0.2) is 8.42 Å². The Labute approximate surface area is 125 Å². The van der Waals surface area contributed by atoms with Gasteiger partial charge >= 0.3 is 0 Å². The third-order valence-corrected chi connectivity index (χ3v) is 6.17. The fourth-order valence-electron chi connectivity index (χ4n) is 3.23. The smallest absolute Gasteiger partial charge is 0.239 e. The molecule has 0 aromatic heterocycles. The number of sulfone groups is 1. The predicted molar refractivity (Wildman–Crippen MR) is 82.2 cm³/mol. The molecule has 0 unspecified atom stereocenters. The van der Waals surface area contributed by atoms with Gasteiger partial charge in [-0.2, -0.15) is 0 Å². The van der Waals surface area contributed by atoms with E-state index in [0.29, 0.717) is 6.42 Å². The first-order valence-corrected chi connectivity index (χ1v) is 9.03. The Morgan fingerprint density at radius 3 is 2.86 bits per heavy atom. The minimum atomic E-state index is -3.00. The van der Waals surface area contributed by atoms with Crippen LogP contribution in [0.2, 0.25) is 0 Å². The maximum Gasteiger partial charge on any atom is 0.239 e. The number of nitrogens with zero attached hydrogens (tertiary/aromatic N) is 1. The van der Waals surface area contributed by atoms with Crippen molar-refractivity contribution in [3.63, 3.8) is 0 Å². The molecule has 0 radical (unpaired) electrons. The average Bonchev–Trinajstić information content (AvgIpc) is 2.91. The summed E-state index contributed by atoms with van der Waals surface area (Å²) in [5.41, 5.74) is 1.76. The number of para-hydroxylation sites is 1. The lowest BCUT2D eigenvalue weighted by molar-refractivity contribution is -0.121. The summed E-state index contributed by atoms with van der Waals surface area (Å²) in [6, 6.07) is 8.09. The maximum absolute atomic E-state index is 12.2. The Kier molecular flexibility index (Phi) is 3.43. The number of rotatable bonds is 3. The van der Waals surface area contributed by atoms with Gasteiger partial charge in [0.2, 0.25) is 5.91 Å². The zero-order chi connectivity index (χ0) is 15.1. The maximum atomic E-state index is 12.2. The number of nitrogens with one attached hydrogen (secondary N) is 1. The van der Waals surface area contributed by atoms with Gasteiger partial charge in [0.25, 0.3) is 0 Å². The summed E-state index contributed by atoms with van der Waals surface area (Å²) in [7, 11) is -3.00. The van der Waals surface area contributed by atoms with Crippen LogP contribution in [0.25, 0.3) is 0 Å². The lowest BCUT2D eigenvalue weighted by atomic mass is 10.0. The monoisotopic (exact) mass is 308 g/mol. The Bertz CT molecular complexity index is 671. The molecule has 1 atom stereocenters. The van der Waals surface area contributed by atoms with E-state index in [2.05, 4.69) is 16.3 Å². The number of hydrogen-bond acceptors (Lipinski definition) is 4. The van der Waals surface area contributed by atoms with E-state index in [1.165, 1.54) is 5.56 Å². The summed E-state index contributed by atoms with van der Waals surface area (Å²) in [6.07, 6.45) is 1.45. The summed E-state index contributed by atoms with van der Waals surface area (Å²) in [4.78, 5) is 14.3. The zero-order valence-corrected chi connectivity index (χ0v) is 12.9. The van der Waals surface area contributed by atoms with Crippen molar-refractivity contribution in [3.05, 3.63) is 29.8 Å². The largest absolute Gasteiger partial charge is 0.362 e. The second-order valence-electron chi connectivity index (χ2n) is 6.25. The highest BCUT2D eigenvalue weighted by atomic mass is 32.2. The van der Waals surface area contributed by atoms with Crippen LogP contribution in [0.5, 0.6) is 0 Å².